The van der Waals surface area contributed by atoms with E-state index in [0.29, 0.717) is 0 Å². The van der Waals surface area contributed by atoms with Crippen LogP contribution in [0, 0.1) is 12.8 Å². The van der Waals surface area contributed by atoms with E-state index >= 15 is 0 Å². The zero-order valence-corrected chi connectivity index (χ0v) is 9.08. The lowest BCUT2D eigenvalue weighted by atomic mass is 9.96. The first-order chi connectivity index (χ1) is 6.72. The van der Waals surface area contributed by atoms with E-state index in [2.05, 4.69) is 12.2 Å². The molecule has 0 radical (unpaired) electrons. The number of hydrogen-bond donors (Lipinski definition) is 2. The molecule has 3 heteroatoms. The molecule has 1 rings (SSSR count). The summed E-state index contributed by atoms with van der Waals surface area (Å²) in [6.45, 7) is 4.18. The summed E-state index contributed by atoms with van der Waals surface area (Å²) in [4.78, 5) is 0. The highest BCUT2D eigenvalue weighted by molar-refractivity contribution is 5.10. The van der Waals surface area contributed by atoms with Crippen molar-refractivity contribution < 1.29 is 9.52 Å². The molecule has 0 fully saturated rings. The molecule has 14 heavy (non-hydrogen) atoms. The lowest BCUT2D eigenvalue weighted by Crippen LogP contribution is -2.26. The summed E-state index contributed by atoms with van der Waals surface area (Å²) in [5.74, 6) is 2.03. The van der Waals surface area contributed by atoms with E-state index in [-0.39, 0.29) is 18.6 Å². The van der Waals surface area contributed by atoms with Crippen molar-refractivity contribution in [3.05, 3.63) is 23.7 Å². The second kappa shape index (κ2) is 5.17. The van der Waals surface area contributed by atoms with Crippen molar-refractivity contribution in [2.24, 2.45) is 5.92 Å². The Kier molecular flexibility index (Phi) is 4.17. The quantitative estimate of drug-likeness (QED) is 0.757. The van der Waals surface area contributed by atoms with Gasteiger partial charge >= 0.3 is 0 Å². The second-order valence-electron chi connectivity index (χ2n) is 3.57. The van der Waals surface area contributed by atoms with Gasteiger partial charge in [0.2, 0.25) is 0 Å². The lowest BCUT2D eigenvalue weighted by Gasteiger charge is -2.22. The van der Waals surface area contributed by atoms with E-state index in [1.807, 2.05) is 26.1 Å². The SMILES string of the molecule is CCC(CO)C(NC)c1ccc(C)o1. The van der Waals surface area contributed by atoms with E-state index in [1.54, 1.807) is 0 Å². The fraction of sp³-hybridized carbons (Fsp3) is 0.636. The molecule has 0 bridgehead atoms. The van der Waals surface area contributed by atoms with Gasteiger partial charge in [0.15, 0.2) is 0 Å². The molecular formula is C11H19NO2. The second-order valence-corrected chi connectivity index (χ2v) is 3.57. The van der Waals surface area contributed by atoms with Crippen molar-refractivity contribution >= 4 is 0 Å². The standard InChI is InChI=1S/C11H19NO2/c1-4-9(7-13)11(12-3)10-6-5-8(2)14-10/h5-6,9,11-13H,4,7H2,1-3H3. The zero-order valence-electron chi connectivity index (χ0n) is 9.08. The minimum absolute atomic E-state index is 0.110. The summed E-state index contributed by atoms with van der Waals surface area (Å²) in [7, 11) is 1.89. The van der Waals surface area contributed by atoms with Crippen LogP contribution in [0.25, 0.3) is 0 Å². The number of aliphatic hydroxyl groups is 1. The highest BCUT2D eigenvalue weighted by Gasteiger charge is 2.21. The number of nitrogens with one attached hydrogen (secondary N) is 1. The van der Waals surface area contributed by atoms with Crippen molar-refractivity contribution in [3.8, 4) is 0 Å². The van der Waals surface area contributed by atoms with Gasteiger partial charge < -0.3 is 14.8 Å². The largest absolute Gasteiger partial charge is 0.465 e. The van der Waals surface area contributed by atoms with Crippen molar-refractivity contribution in [2.75, 3.05) is 13.7 Å². The molecule has 0 aliphatic rings. The molecule has 3 nitrogen and oxygen atoms in total. The van der Waals surface area contributed by atoms with Crippen LogP contribution in [0.5, 0.6) is 0 Å². The van der Waals surface area contributed by atoms with Crippen LogP contribution in [0.3, 0.4) is 0 Å². The molecule has 1 aromatic rings. The van der Waals surface area contributed by atoms with E-state index < -0.39 is 0 Å². The van der Waals surface area contributed by atoms with Gasteiger partial charge in [-0.2, -0.15) is 0 Å². The van der Waals surface area contributed by atoms with Crippen molar-refractivity contribution in [3.63, 3.8) is 0 Å². The monoisotopic (exact) mass is 197 g/mol. The van der Waals surface area contributed by atoms with E-state index in [1.165, 1.54) is 0 Å². The maximum Gasteiger partial charge on any atom is 0.121 e. The fourth-order valence-electron chi connectivity index (χ4n) is 1.70. The third-order valence-corrected chi connectivity index (χ3v) is 2.61. The molecule has 2 atom stereocenters. The molecule has 1 aromatic heterocycles. The van der Waals surface area contributed by atoms with Crippen LogP contribution in [0.1, 0.15) is 30.9 Å². The average Bonchev–Trinajstić information content (AvgIpc) is 2.60. The van der Waals surface area contributed by atoms with Crippen molar-refractivity contribution in [1.29, 1.82) is 0 Å². The molecule has 0 spiro atoms. The van der Waals surface area contributed by atoms with Crippen LogP contribution in [0.2, 0.25) is 0 Å². The van der Waals surface area contributed by atoms with Gasteiger partial charge in [-0.05, 0) is 32.5 Å². The Labute approximate surface area is 85.1 Å². The van der Waals surface area contributed by atoms with E-state index in [0.717, 1.165) is 17.9 Å². The van der Waals surface area contributed by atoms with Gasteiger partial charge in [-0.3, -0.25) is 0 Å². The van der Waals surface area contributed by atoms with Gasteiger partial charge in [0.05, 0.1) is 6.04 Å². The van der Waals surface area contributed by atoms with Gasteiger partial charge in [-0.25, -0.2) is 0 Å². The minimum atomic E-state index is 0.110. The highest BCUT2D eigenvalue weighted by atomic mass is 16.3. The molecular weight excluding hydrogens is 178 g/mol. The van der Waals surface area contributed by atoms with Gasteiger partial charge in [-0.15, -0.1) is 0 Å². The average molecular weight is 197 g/mol. The normalized spacial score (nSPS) is 15.4. The smallest absolute Gasteiger partial charge is 0.121 e. The summed E-state index contributed by atoms with van der Waals surface area (Å²) in [5, 5.41) is 12.4. The molecule has 0 aromatic carbocycles. The van der Waals surface area contributed by atoms with Crippen molar-refractivity contribution in [2.45, 2.75) is 26.3 Å². The number of furan rings is 1. The van der Waals surface area contributed by atoms with Crippen molar-refractivity contribution in [1.82, 2.24) is 5.32 Å². The third kappa shape index (κ3) is 2.36. The van der Waals surface area contributed by atoms with Crippen LogP contribution in [0.4, 0.5) is 0 Å². The molecule has 0 aliphatic heterocycles. The van der Waals surface area contributed by atoms with Crippen LogP contribution < -0.4 is 5.32 Å². The van der Waals surface area contributed by atoms with Crippen LogP contribution >= 0.6 is 0 Å². The fourth-order valence-corrected chi connectivity index (χ4v) is 1.70. The van der Waals surface area contributed by atoms with E-state index in [9.17, 15) is 5.11 Å². The van der Waals surface area contributed by atoms with Gasteiger partial charge in [0.1, 0.15) is 11.5 Å². The summed E-state index contributed by atoms with van der Waals surface area (Å²) >= 11 is 0. The topological polar surface area (TPSA) is 45.4 Å². The number of rotatable bonds is 5. The minimum Gasteiger partial charge on any atom is -0.465 e. The van der Waals surface area contributed by atoms with Gasteiger partial charge in [-0.1, -0.05) is 6.92 Å². The summed E-state index contributed by atoms with van der Waals surface area (Å²) in [6, 6.07) is 4.03. The Hall–Kier alpha value is -0.800. The first-order valence-corrected chi connectivity index (χ1v) is 5.07. The van der Waals surface area contributed by atoms with E-state index in [4.69, 9.17) is 4.42 Å². The van der Waals surface area contributed by atoms with Crippen LogP contribution in [0.15, 0.2) is 16.5 Å². The lowest BCUT2D eigenvalue weighted by molar-refractivity contribution is 0.177. The van der Waals surface area contributed by atoms with Crippen LogP contribution in [-0.4, -0.2) is 18.8 Å². The Bertz CT molecular complexity index is 266. The predicted octanol–water partition coefficient (Wildman–Crippen LogP) is 1.87. The summed E-state index contributed by atoms with van der Waals surface area (Å²) < 4.78 is 5.55. The molecule has 2 unspecified atom stereocenters. The van der Waals surface area contributed by atoms with Crippen LogP contribution in [-0.2, 0) is 0 Å². The number of aryl methyl sites for hydroxylation is 1. The molecule has 0 saturated heterocycles. The number of aliphatic hydroxyl groups excluding tert-OH is 1. The molecule has 1 heterocycles. The molecule has 0 aliphatic carbocycles. The predicted molar refractivity (Wildman–Crippen MR) is 56.1 cm³/mol. The van der Waals surface area contributed by atoms with Gasteiger partial charge in [0, 0.05) is 12.5 Å². The molecule has 80 valence electrons. The Morgan fingerprint density at radius 2 is 2.21 bits per heavy atom. The summed E-state index contributed by atoms with van der Waals surface area (Å²) in [6.07, 6.45) is 0.932. The highest BCUT2D eigenvalue weighted by Crippen LogP contribution is 2.25. The summed E-state index contributed by atoms with van der Waals surface area (Å²) in [5.41, 5.74) is 0. The first kappa shape index (κ1) is 11.3. The zero-order chi connectivity index (χ0) is 10.6. The molecule has 0 saturated carbocycles. The number of hydrogen-bond acceptors (Lipinski definition) is 3. The Morgan fingerprint density at radius 1 is 1.50 bits per heavy atom. The Balaban J connectivity index is 2.80. The maximum atomic E-state index is 9.21. The molecule has 2 N–H and O–H groups in total. The molecule has 0 amide bonds. The maximum absolute atomic E-state index is 9.21. The van der Waals surface area contributed by atoms with Gasteiger partial charge in [0.25, 0.3) is 0 Å². The third-order valence-electron chi connectivity index (χ3n) is 2.61. The first-order valence-electron chi connectivity index (χ1n) is 5.07. The Morgan fingerprint density at radius 3 is 2.57 bits per heavy atom.